The van der Waals surface area contributed by atoms with Crippen LogP contribution in [0.3, 0.4) is 0 Å². The Hall–Kier alpha value is -0.490. The molecule has 0 bridgehead atoms. The smallest absolute Gasteiger partial charge is 0.133 e. The van der Waals surface area contributed by atoms with Gasteiger partial charge in [0, 0.05) is 32.8 Å². The molecule has 1 fully saturated rings. The van der Waals surface area contributed by atoms with Crippen LogP contribution in [0.2, 0.25) is 0 Å². The Labute approximate surface area is 113 Å². The van der Waals surface area contributed by atoms with Crippen molar-refractivity contribution in [3.05, 3.63) is 0 Å². The van der Waals surface area contributed by atoms with Gasteiger partial charge in [0.05, 0.1) is 6.54 Å². The van der Waals surface area contributed by atoms with E-state index in [4.69, 9.17) is 0 Å². The second-order valence-corrected chi connectivity index (χ2v) is 4.44. The summed E-state index contributed by atoms with van der Waals surface area (Å²) in [5, 5.41) is 3.12. The van der Waals surface area contributed by atoms with Crippen molar-refractivity contribution in [3.63, 3.8) is 0 Å². The Morgan fingerprint density at radius 2 is 1.44 bits per heavy atom. The van der Waals surface area contributed by atoms with Gasteiger partial charge in [0.1, 0.15) is 6.29 Å². The second kappa shape index (κ2) is 14.6. The summed E-state index contributed by atoms with van der Waals surface area (Å²) >= 11 is 0. The summed E-state index contributed by atoms with van der Waals surface area (Å²) in [6.07, 6.45) is 0.980. The average Bonchev–Trinajstić information content (AvgIpc) is 2.34. The summed E-state index contributed by atoms with van der Waals surface area (Å²) in [7, 11) is 7.96. The van der Waals surface area contributed by atoms with Gasteiger partial charge in [-0.3, -0.25) is 9.80 Å². The fourth-order valence-electron chi connectivity index (χ4n) is 1.46. The zero-order valence-corrected chi connectivity index (χ0v) is 13.1. The molecule has 0 amide bonds. The van der Waals surface area contributed by atoms with Crippen molar-refractivity contribution in [1.29, 1.82) is 0 Å². The maximum absolute atomic E-state index is 10.2. The topological polar surface area (TPSA) is 38.8 Å². The Balaban J connectivity index is 0. The number of aldehydes is 1. The Bertz CT molecular complexity index is 166. The first kappa shape index (κ1) is 19.8. The van der Waals surface area contributed by atoms with Crippen LogP contribution in [0.4, 0.5) is 0 Å². The van der Waals surface area contributed by atoms with Crippen LogP contribution in [0.1, 0.15) is 13.8 Å². The first-order chi connectivity index (χ1) is 8.60. The molecule has 1 aliphatic heterocycles. The molecule has 0 aromatic carbocycles. The summed E-state index contributed by atoms with van der Waals surface area (Å²) < 4.78 is 0. The van der Waals surface area contributed by atoms with Crippen LogP contribution in [0, 0.1) is 0 Å². The number of hydrogen-bond acceptors (Lipinski definition) is 5. The highest BCUT2D eigenvalue weighted by molar-refractivity contribution is 5.51. The van der Waals surface area contributed by atoms with Crippen LogP contribution < -0.4 is 5.32 Å². The molecule has 110 valence electrons. The summed E-state index contributed by atoms with van der Waals surface area (Å²) in [6, 6.07) is 0. The minimum absolute atomic E-state index is 0.591. The van der Waals surface area contributed by atoms with E-state index >= 15 is 0 Å². The fraction of sp³-hybridized carbons (Fsp3) is 0.923. The van der Waals surface area contributed by atoms with E-state index < -0.39 is 0 Å². The highest BCUT2D eigenvalue weighted by atomic mass is 16.1. The Morgan fingerprint density at radius 3 is 1.78 bits per heavy atom. The highest BCUT2D eigenvalue weighted by Gasteiger charge is 2.14. The van der Waals surface area contributed by atoms with Gasteiger partial charge < -0.3 is 15.0 Å². The van der Waals surface area contributed by atoms with Crippen LogP contribution in [0.15, 0.2) is 0 Å². The summed E-state index contributed by atoms with van der Waals surface area (Å²) in [4.78, 5) is 16.7. The van der Waals surface area contributed by atoms with Crippen molar-refractivity contribution in [2.24, 2.45) is 0 Å². The lowest BCUT2D eigenvalue weighted by atomic mass is 10.3. The minimum Gasteiger partial charge on any atom is -0.312 e. The van der Waals surface area contributed by atoms with Gasteiger partial charge in [-0.25, -0.2) is 0 Å². The molecule has 18 heavy (non-hydrogen) atoms. The molecule has 1 saturated heterocycles. The van der Waals surface area contributed by atoms with Gasteiger partial charge >= 0.3 is 0 Å². The fourth-order valence-corrected chi connectivity index (χ4v) is 1.46. The van der Waals surface area contributed by atoms with Gasteiger partial charge in [0.2, 0.25) is 0 Å². The van der Waals surface area contributed by atoms with Crippen LogP contribution in [0.5, 0.6) is 0 Å². The highest BCUT2D eigenvalue weighted by Crippen LogP contribution is 1.98. The predicted molar refractivity (Wildman–Crippen MR) is 79.0 cm³/mol. The van der Waals surface area contributed by atoms with E-state index in [0.29, 0.717) is 6.54 Å². The van der Waals surface area contributed by atoms with Crippen molar-refractivity contribution < 1.29 is 4.79 Å². The van der Waals surface area contributed by atoms with Crippen molar-refractivity contribution in [3.8, 4) is 0 Å². The van der Waals surface area contributed by atoms with Crippen molar-refractivity contribution >= 4 is 6.29 Å². The van der Waals surface area contributed by atoms with Gasteiger partial charge in [-0.1, -0.05) is 13.8 Å². The zero-order valence-electron chi connectivity index (χ0n) is 13.1. The zero-order chi connectivity index (χ0) is 14.4. The molecule has 0 aromatic rings. The van der Waals surface area contributed by atoms with E-state index in [1.807, 2.05) is 46.9 Å². The van der Waals surface area contributed by atoms with Gasteiger partial charge in [-0.05, 0) is 28.2 Å². The third kappa shape index (κ3) is 13.6. The summed E-state index contributed by atoms with van der Waals surface area (Å²) in [5.41, 5.74) is 0. The van der Waals surface area contributed by atoms with Crippen LogP contribution >= 0.6 is 0 Å². The molecule has 1 heterocycles. The number of carbonyl (C=O) groups excluding carboxylic acids is 1. The number of rotatable bonds is 4. The van der Waals surface area contributed by atoms with Gasteiger partial charge in [0.25, 0.3) is 0 Å². The van der Waals surface area contributed by atoms with E-state index in [1.54, 1.807) is 0 Å². The number of nitrogens with one attached hydrogen (secondary N) is 1. The van der Waals surface area contributed by atoms with E-state index in [0.717, 1.165) is 39.1 Å². The molecule has 1 aliphatic rings. The molecule has 0 radical (unpaired) electrons. The molecule has 1 N–H and O–H groups in total. The van der Waals surface area contributed by atoms with E-state index in [-0.39, 0.29) is 0 Å². The predicted octanol–water partition coefficient (Wildman–Crippen LogP) is 0.184. The van der Waals surface area contributed by atoms with Crippen LogP contribution in [-0.2, 0) is 4.79 Å². The number of carbonyl (C=O) groups is 1. The molecular formula is C13H32N4O. The van der Waals surface area contributed by atoms with E-state index in [2.05, 4.69) is 15.1 Å². The molecular weight excluding hydrogens is 228 g/mol. The first-order valence-corrected chi connectivity index (χ1v) is 6.74. The maximum Gasteiger partial charge on any atom is 0.133 e. The number of nitrogens with zero attached hydrogens (tertiary/aromatic N) is 3. The Morgan fingerprint density at radius 1 is 1.06 bits per heavy atom. The van der Waals surface area contributed by atoms with Crippen LogP contribution in [0.25, 0.3) is 0 Å². The standard InChI is InChI=1S/C8H17N3O.C3H9N.C2H6/c1-9-8-11-4-2-10(3-5-11)6-7-12;1-4(2)3;1-2/h7,9H,2-6,8H2,1H3;1-3H3;1-2H3. The number of hydrogen-bond donors (Lipinski definition) is 1. The molecule has 0 aromatic heterocycles. The third-order valence-corrected chi connectivity index (χ3v) is 2.18. The lowest BCUT2D eigenvalue weighted by molar-refractivity contribution is -0.109. The summed E-state index contributed by atoms with van der Waals surface area (Å²) in [6.45, 7) is 9.70. The van der Waals surface area contributed by atoms with Crippen molar-refractivity contribution in [2.45, 2.75) is 13.8 Å². The molecule has 0 unspecified atom stereocenters. The van der Waals surface area contributed by atoms with Gasteiger partial charge in [-0.15, -0.1) is 0 Å². The largest absolute Gasteiger partial charge is 0.312 e. The maximum atomic E-state index is 10.2. The van der Waals surface area contributed by atoms with Crippen molar-refractivity contribution in [1.82, 2.24) is 20.0 Å². The lowest BCUT2D eigenvalue weighted by Gasteiger charge is -2.33. The average molecular weight is 260 g/mol. The van der Waals surface area contributed by atoms with Crippen LogP contribution in [-0.4, -0.2) is 88.6 Å². The molecule has 1 rings (SSSR count). The summed E-state index contributed by atoms with van der Waals surface area (Å²) in [5.74, 6) is 0. The molecule has 5 nitrogen and oxygen atoms in total. The van der Waals surface area contributed by atoms with Gasteiger partial charge in [0.15, 0.2) is 0 Å². The normalized spacial score (nSPS) is 16.4. The minimum atomic E-state index is 0.591. The molecule has 0 saturated carbocycles. The number of piperazine rings is 1. The quantitative estimate of drug-likeness (QED) is 0.730. The molecule has 0 spiro atoms. The third-order valence-electron chi connectivity index (χ3n) is 2.18. The van der Waals surface area contributed by atoms with E-state index in [9.17, 15) is 4.79 Å². The van der Waals surface area contributed by atoms with Crippen molar-refractivity contribution in [2.75, 3.05) is 67.6 Å². The molecule has 5 heteroatoms. The lowest BCUT2D eigenvalue weighted by Crippen LogP contribution is -2.49. The Kier molecular flexibility index (Phi) is 16.1. The molecule has 0 aliphatic carbocycles. The first-order valence-electron chi connectivity index (χ1n) is 6.74. The SMILES string of the molecule is CC.CN(C)C.CNCN1CCN(CC=O)CC1. The van der Waals surface area contributed by atoms with Gasteiger partial charge in [-0.2, -0.15) is 0 Å². The van der Waals surface area contributed by atoms with E-state index in [1.165, 1.54) is 0 Å². The molecule has 0 atom stereocenters. The second-order valence-electron chi connectivity index (χ2n) is 4.44. The monoisotopic (exact) mass is 260 g/mol.